The van der Waals surface area contributed by atoms with Crippen molar-refractivity contribution < 1.29 is 38.5 Å². The van der Waals surface area contributed by atoms with Crippen molar-refractivity contribution in [3.8, 4) is 5.75 Å². The number of methoxy groups -OCH3 is 1. The third-order valence-corrected chi connectivity index (χ3v) is 7.97. The normalized spacial score (nSPS) is 24.6. The fraction of sp³-hybridized carbons (Fsp3) is 0.486. The second-order valence-corrected chi connectivity index (χ2v) is 12.6. The molecule has 1 aliphatic heterocycles. The number of aliphatic hydroxyl groups excluding tert-OH is 1. The number of esters is 2. The number of rotatable bonds is 8. The lowest BCUT2D eigenvalue weighted by molar-refractivity contribution is -0.176. The molecule has 0 spiro atoms. The number of carbonyl (C=O) groups excluding carboxylic acids is 4. The predicted octanol–water partition coefficient (Wildman–Crippen LogP) is 4.50. The minimum atomic E-state index is -1.21. The molecule has 6 unspecified atom stereocenters. The van der Waals surface area contributed by atoms with E-state index >= 15 is 0 Å². The highest BCUT2D eigenvalue weighted by molar-refractivity contribution is 6.32. The Hall–Kier alpha value is -3.89. The van der Waals surface area contributed by atoms with Crippen molar-refractivity contribution in [3.05, 3.63) is 70.8 Å². The summed E-state index contributed by atoms with van der Waals surface area (Å²) in [5.74, 6) is -3.20. The Labute approximate surface area is 275 Å². The molecule has 3 rings (SSSR count). The molecule has 2 amide bonds. The average Bonchev–Trinajstić information content (AvgIpc) is 3.01. The molecule has 0 aliphatic carbocycles. The van der Waals surface area contributed by atoms with Crippen LogP contribution >= 0.6 is 11.6 Å². The van der Waals surface area contributed by atoms with Gasteiger partial charge in [0.2, 0.25) is 11.8 Å². The quantitative estimate of drug-likeness (QED) is 0.353. The Morgan fingerprint density at radius 2 is 1.76 bits per heavy atom. The summed E-state index contributed by atoms with van der Waals surface area (Å²) in [6.07, 6.45) is 0.441. The van der Waals surface area contributed by atoms with Gasteiger partial charge in [0.05, 0.1) is 30.6 Å². The molecule has 1 heterocycles. The smallest absolute Gasteiger partial charge is 0.347 e. The first-order valence-corrected chi connectivity index (χ1v) is 16.0. The van der Waals surface area contributed by atoms with E-state index in [2.05, 4.69) is 10.6 Å². The van der Waals surface area contributed by atoms with E-state index in [-0.39, 0.29) is 44.1 Å². The van der Waals surface area contributed by atoms with Crippen molar-refractivity contribution in [1.29, 1.82) is 0 Å². The fourth-order valence-corrected chi connectivity index (χ4v) is 5.26. The lowest BCUT2D eigenvalue weighted by Crippen LogP contribution is -2.50. The van der Waals surface area contributed by atoms with E-state index in [0.717, 1.165) is 5.56 Å². The van der Waals surface area contributed by atoms with E-state index in [1.165, 1.54) is 7.11 Å². The van der Waals surface area contributed by atoms with Gasteiger partial charge in [0.25, 0.3) is 0 Å². The van der Waals surface area contributed by atoms with Crippen LogP contribution in [-0.4, -0.2) is 66.9 Å². The van der Waals surface area contributed by atoms with Crippen molar-refractivity contribution in [1.82, 2.24) is 10.6 Å². The summed E-state index contributed by atoms with van der Waals surface area (Å²) in [6.45, 7) is 7.11. The summed E-state index contributed by atoms with van der Waals surface area (Å²) in [5.41, 5.74) is 1.60. The number of nitrogens with one attached hydrogen (secondary N) is 2. The minimum Gasteiger partial charge on any atom is -0.495 e. The zero-order chi connectivity index (χ0) is 33.8. The molecule has 6 atom stereocenters. The number of benzene rings is 2. The van der Waals surface area contributed by atoms with E-state index in [0.29, 0.717) is 16.3 Å². The van der Waals surface area contributed by atoms with Gasteiger partial charge in [-0.05, 0) is 35.6 Å². The van der Waals surface area contributed by atoms with Gasteiger partial charge < -0.3 is 30.0 Å². The van der Waals surface area contributed by atoms with E-state index in [4.69, 9.17) is 25.8 Å². The summed E-state index contributed by atoms with van der Waals surface area (Å²) in [6, 6.07) is 13.6. The predicted molar refractivity (Wildman–Crippen MR) is 175 cm³/mol. The van der Waals surface area contributed by atoms with Crippen LogP contribution in [0.25, 0.3) is 6.08 Å². The first-order chi connectivity index (χ1) is 21.9. The lowest BCUT2D eigenvalue weighted by Gasteiger charge is -2.28. The molecular formula is C35H45ClN2O8. The van der Waals surface area contributed by atoms with Crippen LogP contribution in [0.15, 0.2) is 54.6 Å². The van der Waals surface area contributed by atoms with E-state index < -0.39 is 54.0 Å². The molecule has 2 aromatic rings. The number of cyclic esters (lactones) is 2. The van der Waals surface area contributed by atoms with Crippen LogP contribution in [0.2, 0.25) is 5.02 Å². The van der Waals surface area contributed by atoms with Gasteiger partial charge in [0.15, 0.2) is 6.10 Å². The second kappa shape index (κ2) is 17.7. The number of ether oxygens (including phenoxy) is 3. The molecule has 0 aromatic heterocycles. The van der Waals surface area contributed by atoms with Gasteiger partial charge in [-0.1, -0.05) is 87.8 Å². The Bertz CT molecular complexity index is 1370. The number of halogens is 1. The van der Waals surface area contributed by atoms with Crippen molar-refractivity contribution in [2.75, 3.05) is 13.7 Å². The zero-order valence-corrected chi connectivity index (χ0v) is 27.8. The fourth-order valence-electron chi connectivity index (χ4n) is 4.98. The van der Waals surface area contributed by atoms with E-state index in [1.807, 2.05) is 63.3 Å². The molecule has 1 fully saturated rings. The number of carbonyl (C=O) groups is 4. The minimum absolute atomic E-state index is 0.00121. The lowest BCUT2D eigenvalue weighted by atomic mass is 9.95. The van der Waals surface area contributed by atoms with Crippen molar-refractivity contribution in [2.45, 2.75) is 77.7 Å². The summed E-state index contributed by atoms with van der Waals surface area (Å²) in [4.78, 5) is 52.9. The Kier molecular flexibility index (Phi) is 14.1. The van der Waals surface area contributed by atoms with Gasteiger partial charge in [-0.2, -0.15) is 0 Å². The van der Waals surface area contributed by atoms with Crippen LogP contribution in [0.4, 0.5) is 0 Å². The van der Waals surface area contributed by atoms with E-state index in [9.17, 15) is 24.3 Å². The Balaban J connectivity index is 1.89. The van der Waals surface area contributed by atoms with Crippen molar-refractivity contribution >= 4 is 41.4 Å². The van der Waals surface area contributed by atoms with Gasteiger partial charge in [-0.15, -0.1) is 0 Å². The molecule has 11 heteroatoms. The Morgan fingerprint density at radius 1 is 1.04 bits per heavy atom. The molecule has 0 saturated carbocycles. The van der Waals surface area contributed by atoms with Gasteiger partial charge in [-0.3, -0.25) is 14.4 Å². The molecule has 2 aromatic carbocycles. The van der Waals surface area contributed by atoms with Gasteiger partial charge >= 0.3 is 11.9 Å². The molecule has 0 bridgehead atoms. The third kappa shape index (κ3) is 11.5. The van der Waals surface area contributed by atoms with Crippen molar-refractivity contribution in [3.63, 3.8) is 0 Å². The monoisotopic (exact) mass is 656 g/mol. The summed E-state index contributed by atoms with van der Waals surface area (Å²) < 4.78 is 16.7. The molecule has 46 heavy (non-hydrogen) atoms. The van der Waals surface area contributed by atoms with Gasteiger partial charge in [0, 0.05) is 25.3 Å². The summed E-state index contributed by atoms with van der Waals surface area (Å²) in [5, 5.41) is 16.8. The number of hydrogen-bond acceptors (Lipinski definition) is 8. The molecular weight excluding hydrogens is 612 g/mol. The molecule has 1 saturated heterocycles. The molecule has 250 valence electrons. The molecule has 3 N–H and O–H groups in total. The number of hydrogen-bond donors (Lipinski definition) is 3. The van der Waals surface area contributed by atoms with Gasteiger partial charge in [-0.25, -0.2) is 4.79 Å². The highest BCUT2D eigenvalue weighted by Gasteiger charge is 2.33. The first kappa shape index (κ1) is 36.6. The first-order valence-electron chi connectivity index (χ1n) is 15.6. The van der Waals surface area contributed by atoms with Crippen LogP contribution in [0.5, 0.6) is 5.75 Å². The maximum Gasteiger partial charge on any atom is 0.347 e. The maximum absolute atomic E-state index is 13.4. The largest absolute Gasteiger partial charge is 0.495 e. The standard InChI is InChI=1S/C35H45ClN2O8/c1-21(2)15-31-35(43)45-30(22(3)11-12-24-9-7-6-8-10-24)18-26(39)19-32(40)38-28(33(41)37-20-23(4)34(42)46-31)17-25-13-14-29(44-5)27(36)16-25/h6-14,16,21-23,26,28,30-31,39H,15,17-20H2,1-5H3,(H,37,41)(H,38,40). The van der Waals surface area contributed by atoms with Crippen LogP contribution in [-0.2, 0) is 35.1 Å². The van der Waals surface area contributed by atoms with Crippen molar-refractivity contribution in [2.24, 2.45) is 17.8 Å². The van der Waals surface area contributed by atoms with E-state index in [1.54, 1.807) is 25.1 Å². The van der Waals surface area contributed by atoms with Crippen LogP contribution < -0.4 is 15.4 Å². The third-order valence-electron chi connectivity index (χ3n) is 7.67. The second-order valence-electron chi connectivity index (χ2n) is 12.2. The molecule has 10 nitrogen and oxygen atoms in total. The number of aliphatic hydroxyl groups is 1. The molecule has 1 aliphatic rings. The Morgan fingerprint density at radius 3 is 2.41 bits per heavy atom. The summed E-state index contributed by atoms with van der Waals surface area (Å²) >= 11 is 6.29. The molecule has 0 radical (unpaired) electrons. The van der Waals surface area contributed by atoms with Crippen LogP contribution in [0.3, 0.4) is 0 Å². The maximum atomic E-state index is 13.4. The highest BCUT2D eigenvalue weighted by Crippen LogP contribution is 2.26. The zero-order valence-electron chi connectivity index (χ0n) is 27.0. The topological polar surface area (TPSA) is 140 Å². The van der Waals surface area contributed by atoms with Crippen LogP contribution in [0, 0.1) is 17.8 Å². The van der Waals surface area contributed by atoms with Gasteiger partial charge in [0.1, 0.15) is 17.9 Å². The SMILES string of the molecule is COc1ccc(CC2NC(=O)CC(O)CC(C(C)C=Cc3ccccc3)OC(=O)C(CC(C)C)OC(=O)C(C)CNC2=O)cc1Cl. The summed E-state index contributed by atoms with van der Waals surface area (Å²) in [7, 11) is 1.49. The highest BCUT2D eigenvalue weighted by atomic mass is 35.5. The number of amides is 2. The van der Waals surface area contributed by atoms with Crippen LogP contribution in [0.1, 0.15) is 58.1 Å². The average molecular weight is 657 g/mol.